The monoisotopic (exact) mass is 298 g/mol. The Kier molecular flexibility index (Phi) is 2.82. The summed E-state index contributed by atoms with van der Waals surface area (Å²) < 4.78 is 12.9. The van der Waals surface area contributed by atoms with Crippen molar-refractivity contribution in [1.29, 1.82) is 0 Å². The molecule has 2 heteroatoms. The maximum atomic E-state index is 6.43. The quantitative estimate of drug-likeness (QED) is 0.805. The van der Waals surface area contributed by atoms with Crippen molar-refractivity contribution in [1.82, 2.24) is 0 Å². The van der Waals surface area contributed by atoms with E-state index in [1.807, 2.05) is 0 Å². The smallest absolute Gasteiger partial charge is 0.200 e. The van der Waals surface area contributed by atoms with Crippen molar-refractivity contribution in [2.45, 2.75) is 51.2 Å². The summed E-state index contributed by atoms with van der Waals surface area (Å²) in [6.07, 6.45) is 8.32. The van der Waals surface area contributed by atoms with Gasteiger partial charge in [-0.15, -0.1) is 0 Å². The molecule has 0 unspecified atom stereocenters. The number of hydrogen-bond donors (Lipinski definition) is 0. The minimum atomic E-state index is -0.462. The van der Waals surface area contributed by atoms with E-state index in [0.717, 1.165) is 31.0 Å². The Hall–Kier alpha value is -0.860. The SMILES string of the molecule is Cc1ccc(C2(C34CC5CC(CC(C5)C3)C4)OCCO2)cc1. The molecule has 4 aliphatic carbocycles. The minimum absolute atomic E-state index is 0.230. The molecule has 1 aromatic rings. The van der Waals surface area contributed by atoms with E-state index in [9.17, 15) is 0 Å². The van der Waals surface area contributed by atoms with E-state index in [0.29, 0.717) is 0 Å². The lowest BCUT2D eigenvalue weighted by Gasteiger charge is -2.61. The number of hydrogen-bond acceptors (Lipinski definition) is 2. The van der Waals surface area contributed by atoms with E-state index in [-0.39, 0.29) is 5.41 Å². The second-order valence-corrected chi connectivity index (χ2v) is 8.38. The number of benzene rings is 1. The molecule has 1 aromatic carbocycles. The maximum absolute atomic E-state index is 6.43. The van der Waals surface area contributed by atoms with Gasteiger partial charge in [0.15, 0.2) is 0 Å². The first-order valence-corrected chi connectivity index (χ1v) is 9.04. The standard InChI is InChI=1S/C20H26O2/c1-14-2-4-18(5-3-14)20(21-6-7-22-20)19-11-15-8-16(12-19)10-17(9-15)13-19/h2-5,15-17H,6-13H2,1H3. The summed E-state index contributed by atoms with van der Waals surface area (Å²) in [7, 11) is 0. The van der Waals surface area contributed by atoms with E-state index in [4.69, 9.17) is 9.47 Å². The topological polar surface area (TPSA) is 18.5 Å². The van der Waals surface area contributed by atoms with Crippen LogP contribution in [0.4, 0.5) is 0 Å². The van der Waals surface area contributed by atoms with Crippen LogP contribution in [0, 0.1) is 30.1 Å². The third kappa shape index (κ3) is 1.74. The van der Waals surface area contributed by atoms with E-state index < -0.39 is 5.79 Å². The Morgan fingerprint density at radius 2 is 1.32 bits per heavy atom. The van der Waals surface area contributed by atoms with Gasteiger partial charge in [-0.3, -0.25) is 0 Å². The average Bonchev–Trinajstić information content (AvgIpc) is 2.98. The van der Waals surface area contributed by atoms with Crippen LogP contribution in [0.3, 0.4) is 0 Å². The van der Waals surface area contributed by atoms with Crippen LogP contribution in [0.5, 0.6) is 0 Å². The van der Waals surface area contributed by atoms with Gasteiger partial charge in [-0.25, -0.2) is 0 Å². The van der Waals surface area contributed by atoms with Gasteiger partial charge < -0.3 is 9.47 Å². The van der Waals surface area contributed by atoms with Crippen LogP contribution in [0.15, 0.2) is 24.3 Å². The summed E-state index contributed by atoms with van der Waals surface area (Å²) in [5.41, 5.74) is 2.80. The Morgan fingerprint density at radius 1 is 0.818 bits per heavy atom. The largest absolute Gasteiger partial charge is 0.343 e. The molecule has 0 aromatic heterocycles. The molecule has 4 saturated carbocycles. The van der Waals surface area contributed by atoms with Crippen LogP contribution < -0.4 is 0 Å². The minimum Gasteiger partial charge on any atom is -0.343 e. The van der Waals surface area contributed by atoms with Gasteiger partial charge in [0.25, 0.3) is 0 Å². The second kappa shape index (κ2) is 4.58. The molecular formula is C20H26O2. The van der Waals surface area contributed by atoms with Crippen molar-refractivity contribution < 1.29 is 9.47 Å². The molecular weight excluding hydrogens is 272 g/mol. The van der Waals surface area contributed by atoms with Crippen molar-refractivity contribution in [2.75, 3.05) is 13.2 Å². The first kappa shape index (κ1) is 13.6. The van der Waals surface area contributed by atoms with Crippen molar-refractivity contribution in [3.8, 4) is 0 Å². The third-order valence-electron chi connectivity index (χ3n) is 6.86. The average molecular weight is 298 g/mol. The highest BCUT2D eigenvalue weighted by atomic mass is 16.7. The zero-order chi connectivity index (χ0) is 14.8. The van der Waals surface area contributed by atoms with Crippen molar-refractivity contribution in [2.24, 2.45) is 23.2 Å². The Labute approximate surface area is 133 Å². The Bertz CT molecular complexity index is 533. The molecule has 5 aliphatic rings. The molecule has 2 nitrogen and oxygen atoms in total. The fourth-order valence-electron chi connectivity index (χ4n) is 6.48. The van der Waals surface area contributed by atoms with Gasteiger partial charge in [0.2, 0.25) is 5.79 Å². The van der Waals surface area contributed by atoms with E-state index >= 15 is 0 Å². The Morgan fingerprint density at radius 3 is 1.82 bits per heavy atom. The molecule has 118 valence electrons. The lowest BCUT2D eigenvalue weighted by Crippen LogP contribution is -2.57. The highest BCUT2D eigenvalue weighted by molar-refractivity contribution is 5.29. The Balaban J connectivity index is 1.61. The number of rotatable bonds is 2. The highest BCUT2D eigenvalue weighted by Crippen LogP contribution is 2.67. The van der Waals surface area contributed by atoms with Crippen LogP contribution >= 0.6 is 0 Å². The lowest BCUT2D eigenvalue weighted by atomic mass is 9.46. The summed E-state index contributed by atoms with van der Waals surface area (Å²) in [5.74, 6) is 2.29. The molecule has 1 saturated heterocycles. The molecule has 22 heavy (non-hydrogen) atoms. The lowest BCUT2D eigenvalue weighted by molar-refractivity contribution is -0.291. The van der Waals surface area contributed by atoms with Gasteiger partial charge in [0.05, 0.1) is 13.2 Å². The van der Waals surface area contributed by atoms with E-state index in [1.54, 1.807) is 0 Å². The maximum Gasteiger partial charge on any atom is 0.200 e. The zero-order valence-corrected chi connectivity index (χ0v) is 13.5. The van der Waals surface area contributed by atoms with Gasteiger partial charge >= 0.3 is 0 Å². The van der Waals surface area contributed by atoms with E-state index in [1.165, 1.54) is 49.7 Å². The second-order valence-electron chi connectivity index (χ2n) is 8.38. The van der Waals surface area contributed by atoms with Crippen molar-refractivity contribution >= 4 is 0 Å². The van der Waals surface area contributed by atoms with Crippen molar-refractivity contribution in [3.05, 3.63) is 35.4 Å². The first-order chi connectivity index (χ1) is 10.7. The van der Waals surface area contributed by atoms with Gasteiger partial charge in [-0.1, -0.05) is 29.8 Å². The number of aryl methyl sites for hydroxylation is 1. The summed E-state index contributed by atoms with van der Waals surface area (Å²) in [5, 5.41) is 0. The van der Waals surface area contributed by atoms with Gasteiger partial charge in [-0.05, 0) is 63.2 Å². The highest BCUT2D eigenvalue weighted by Gasteiger charge is 2.64. The third-order valence-corrected chi connectivity index (χ3v) is 6.86. The fraction of sp³-hybridized carbons (Fsp3) is 0.700. The predicted molar refractivity (Wildman–Crippen MR) is 85.4 cm³/mol. The molecule has 1 aliphatic heterocycles. The molecule has 0 N–H and O–H groups in total. The van der Waals surface area contributed by atoms with Gasteiger partial charge in [0, 0.05) is 11.0 Å². The molecule has 0 spiro atoms. The summed E-state index contributed by atoms with van der Waals surface area (Å²) in [4.78, 5) is 0. The van der Waals surface area contributed by atoms with E-state index in [2.05, 4.69) is 31.2 Å². The zero-order valence-electron chi connectivity index (χ0n) is 13.5. The molecule has 1 heterocycles. The van der Waals surface area contributed by atoms with Crippen LogP contribution in [-0.4, -0.2) is 13.2 Å². The molecule has 0 atom stereocenters. The van der Waals surface area contributed by atoms with Crippen molar-refractivity contribution in [3.63, 3.8) is 0 Å². The van der Waals surface area contributed by atoms with Gasteiger partial charge in [0.1, 0.15) is 0 Å². The first-order valence-electron chi connectivity index (χ1n) is 9.04. The van der Waals surface area contributed by atoms with Crippen LogP contribution in [0.25, 0.3) is 0 Å². The molecule has 0 amide bonds. The fourth-order valence-corrected chi connectivity index (χ4v) is 6.48. The summed E-state index contributed by atoms with van der Waals surface area (Å²) in [6.45, 7) is 3.64. The normalized spacial score (nSPS) is 42.0. The summed E-state index contributed by atoms with van der Waals surface area (Å²) in [6, 6.07) is 8.92. The number of ether oxygens (including phenoxy) is 2. The molecule has 4 bridgehead atoms. The summed E-state index contributed by atoms with van der Waals surface area (Å²) >= 11 is 0. The van der Waals surface area contributed by atoms with Crippen LogP contribution in [-0.2, 0) is 15.3 Å². The predicted octanol–water partition coefficient (Wildman–Crippen LogP) is 4.41. The molecule has 0 radical (unpaired) electrons. The van der Waals surface area contributed by atoms with Crippen LogP contribution in [0.1, 0.15) is 49.7 Å². The molecule has 6 rings (SSSR count). The molecule has 5 fully saturated rings. The van der Waals surface area contributed by atoms with Gasteiger partial charge in [-0.2, -0.15) is 0 Å². The van der Waals surface area contributed by atoms with Crippen LogP contribution in [0.2, 0.25) is 0 Å².